The Bertz CT molecular complexity index is 877. The van der Waals surface area contributed by atoms with Crippen LogP contribution >= 0.6 is 0 Å². The van der Waals surface area contributed by atoms with Gasteiger partial charge in [0.2, 0.25) is 0 Å². The summed E-state index contributed by atoms with van der Waals surface area (Å²) in [6.07, 6.45) is 1.44. The molecule has 0 atom stereocenters. The van der Waals surface area contributed by atoms with Crippen molar-refractivity contribution in [1.29, 1.82) is 0 Å². The highest BCUT2D eigenvalue weighted by Gasteiger charge is 2.34. The van der Waals surface area contributed by atoms with Crippen LogP contribution in [0.2, 0.25) is 0 Å². The average Bonchev–Trinajstić information content (AvgIpc) is 2.96. The molecule has 1 fully saturated rings. The van der Waals surface area contributed by atoms with Crippen molar-refractivity contribution in [1.82, 2.24) is 5.43 Å². The van der Waals surface area contributed by atoms with E-state index in [2.05, 4.69) is 10.2 Å². The van der Waals surface area contributed by atoms with Gasteiger partial charge in [-0.25, -0.2) is 9.80 Å². The Hall–Kier alpha value is -3.61. The van der Waals surface area contributed by atoms with Gasteiger partial charge in [-0.2, -0.15) is 0 Å². The third kappa shape index (κ3) is 3.56. The predicted molar refractivity (Wildman–Crippen MR) is 94.0 cm³/mol. The Morgan fingerprint density at radius 3 is 2.50 bits per heavy atom. The van der Waals surface area contributed by atoms with Crippen molar-refractivity contribution in [3.8, 4) is 5.75 Å². The van der Waals surface area contributed by atoms with Crippen LogP contribution < -0.4 is 15.2 Å². The van der Waals surface area contributed by atoms with Gasteiger partial charge in [-0.05, 0) is 24.3 Å². The first kappa shape index (κ1) is 17.2. The SMILES string of the molecule is COC(=O)COc1ccccc1/C=C1/C(=O)NN(c2ccccc2)C1=O. The molecule has 0 unspecified atom stereocenters. The fourth-order valence-electron chi connectivity index (χ4n) is 2.40. The van der Waals surface area contributed by atoms with E-state index in [1.807, 2.05) is 6.07 Å². The average molecular weight is 352 g/mol. The number of esters is 1. The molecule has 0 bridgehead atoms. The number of amides is 2. The number of hydrogen-bond acceptors (Lipinski definition) is 5. The van der Waals surface area contributed by atoms with Crippen LogP contribution in [-0.4, -0.2) is 31.5 Å². The van der Waals surface area contributed by atoms with Gasteiger partial charge in [-0.15, -0.1) is 0 Å². The highest BCUT2D eigenvalue weighted by molar-refractivity contribution is 6.31. The number of hydrazine groups is 1. The van der Waals surface area contributed by atoms with E-state index in [0.29, 0.717) is 17.0 Å². The van der Waals surface area contributed by atoms with Crippen LogP contribution in [0.5, 0.6) is 5.75 Å². The minimum absolute atomic E-state index is 0.0250. The van der Waals surface area contributed by atoms with Crippen molar-refractivity contribution in [2.45, 2.75) is 0 Å². The fraction of sp³-hybridized carbons (Fsp3) is 0.105. The van der Waals surface area contributed by atoms with E-state index in [1.165, 1.54) is 18.2 Å². The third-order valence-corrected chi connectivity index (χ3v) is 3.70. The van der Waals surface area contributed by atoms with Crippen LogP contribution in [0.15, 0.2) is 60.2 Å². The molecule has 0 radical (unpaired) electrons. The van der Waals surface area contributed by atoms with Crippen LogP contribution in [0.4, 0.5) is 5.69 Å². The lowest BCUT2D eigenvalue weighted by Gasteiger charge is -2.13. The number of methoxy groups -OCH3 is 1. The second kappa shape index (κ2) is 7.52. The van der Waals surface area contributed by atoms with Crippen molar-refractivity contribution in [2.75, 3.05) is 18.7 Å². The molecule has 1 heterocycles. The summed E-state index contributed by atoms with van der Waals surface area (Å²) in [4.78, 5) is 36.1. The predicted octanol–water partition coefficient (Wildman–Crippen LogP) is 1.70. The quantitative estimate of drug-likeness (QED) is 0.503. The molecule has 26 heavy (non-hydrogen) atoms. The molecule has 1 saturated heterocycles. The maximum atomic E-state index is 12.6. The molecule has 2 aromatic carbocycles. The molecule has 3 rings (SSSR count). The van der Waals surface area contributed by atoms with Gasteiger partial charge in [-0.3, -0.25) is 15.0 Å². The lowest BCUT2D eigenvalue weighted by atomic mass is 10.1. The summed E-state index contributed by atoms with van der Waals surface area (Å²) in [6, 6.07) is 15.6. The molecule has 132 valence electrons. The van der Waals surface area contributed by atoms with Gasteiger partial charge >= 0.3 is 5.97 Å². The zero-order valence-electron chi connectivity index (χ0n) is 14.0. The fourth-order valence-corrected chi connectivity index (χ4v) is 2.40. The van der Waals surface area contributed by atoms with Gasteiger partial charge in [0, 0.05) is 5.56 Å². The van der Waals surface area contributed by atoms with Crippen molar-refractivity contribution < 1.29 is 23.9 Å². The summed E-state index contributed by atoms with van der Waals surface area (Å²) in [5.74, 6) is -1.15. The van der Waals surface area contributed by atoms with Crippen LogP contribution in [0.3, 0.4) is 0 Å². The molecule has 7 nitrogen and oxygen atoms in total. The minimum atomic E-state index is -0.530. The summed E-state index contributed by atoms with van der Waals surface area (Å²) in [6.45, 7) is -0.271. The second-order valence-corrected chi connectivity index (χ2v) is 5.38. The Labute approximate surface area is 149 Å². The number of hydrogen-bond donors (Lipinski definition) is 1. The number of benzene rings is 2. The number of para-hydroxylation sites is 2. The molecule has 2 aromatic rings. The van der Waals surface area contributed by atoms with Gasteiger partial charge in [0.1, 0.15) is 11.3 Å². The second-order valence-electron chi connectivity index (χ2n) is 5.38. The molecular formula is C19H16N2O5. The normalized spacial score (nSPS) is 15.1. The molecule has 1 aliphatic heterocycles. The maximum absolute atomic E-state index is 12.6. The monoisotopic (exact) mass is 352 g/mol. The zero-order valence-corrected chi connectivity index (χ0v) is 14.0. The largest absolute Gasteiger partial charge is 0.481 e. The van der Waals surface area contributed by atoms with E-state index < -0.39 is 17.8 Å². The van der Waals surface area contributed by atoms with Gasteiger partial charge in [0.15, 0.2) is 6.61 Å². The Balaban J connectivity index is 1.87. The van der Waals surface area contributed by atoms with E-state index in [-0.39, 0.29) is 12.2 Å². The molecule has 1 N–H and O–H groups in total. The molecule has 7 heteroatoms. The van der Waals surface area contributed by atoms with E-state index in [9.17, 15) is 14.4 Å². The molecule has 2 amide bonds. The minimum Gasteiger partial charge on any atom is -0.481 e. The van der Waals surface area contributed by atoms with Gasteiger partial charge in [0.05, 0.1) is 12.8 Å². The lowest BCUT2D eigenvalue weighted by Crippen LogP contribution is -2.35. The van der Waals surface area contributed by atoms with Crippen LogP contribution in [-0.2, 0) is 19.1 Å². The number of nitrogens with zero attached hydrogens (tertiary/aromatic N) is 1. The summed E-state index contributed by atoms with van der Waals surface area (Å²) >= 11 is 0. The van der Waals surface area contributed by atoms with E-state index in [4.69, 9.17) is 4.74 Å². The van der Waals surface area contributed by atoms with Crippen molar-refractivity contribution in [2.24, 2.45) is 0 Å². The van der Waals surface area contributed by atoms with Gasteiger partial charge in [-0.1, -0.05) is 36.4 Å². The van der Waals surface area contributed by atoms with E-state index in [0.717, 1.165) is 0 Å². The third-order valence-electron chi connectivity index (χ3n) is 3.70. The number of rotatable bonds is 5. The lowest BCUT2D eigenvalue weighted by molar-refractivity contribution is -0.142. The summed E-state index contributed by atoms with van der Waals surface area (Å²) in [5.41, 5.74) is 3.57. The first-order valence-electron chi connectivity index (χ1n) is 7.81. The Morgan fingerprint density at radius 2 is 1.77 bits per heavy atom. The topological polar surface area (TPSA) is 84.9 Å². The zero-order chi connectivity index (χ0) is 18.5. The van der Waals surface area contributed by atoms with Crippen molar-refractivity contribution in [3.63, 3.8) is 0 Å². The summed E-state index contributed by atoms with van der Waals surface area (Å²) in [7, 11) is 1.26. The van der Waals surface area contributed by atoms with Crippen LogP contribution in [0.25, 0.3) is 6.08 Å². The van der Waals surface area contributed by atoms with Gasteiger partial charge < -0.3 is 9.47 Å². The number of nitrogens with one attached hydrogen (secondary N) is 1. The van der Waals surface area contributed by atoms with E-state index >= 15 is 0 Å². The van der Waals surface area contributed by atoms with Gasteiger partial charge in [0.25, 0.3) is 11.8 Å². The van der Waals surface area contributed by atoms with Crippen LogP contribution in [0.1, 0.15) is 5.56 Å². The summed E-state index contributed by atoms with van der Waals surface area (Å²) in [5, 5.41) is 1.19. The standard InChI is InChI=1S/C19H16N2O5/c1-25-17(22)12-26-16-10-6-5-7-13(16)11-15-18(23)20-21(19(15)24)14-8-3-2-4-9-14/h2-11H,12H2,1H3,(H,20,23)/b15-11-. The first-order valence-corrected chi connectivity index (χ1v) is 7.81. The Kier molecular flexibility index (Phi) is 4.98. The highest BCUT2D eigenvalue weighted by Crippen LogP contribution is 2.25. The molecule has 0 aromatic heterocycles. The first-order chi connectivity index (χ1) is 12.6. The number of ether oxygens (including phenoxy) is 2. The molecule has 0 spiro atoms. The number of carbonyl (C=O) groups excluding carboxylic acids is 3. The Morgan fingerprint density at radius 1 is 1.08 bits per heavy atom. The molecular weight excluding hydrogens is 336 g/mol. The molecule has 0 aliphatic carbocycles. The number of anilines is 1. The van der Waals surface area contributed by atoms with Crippen molar-refractivity contribution >= 4 is 29.5 Å². The van der Waals surface area contributed by atoms with Crippen molar-refractivity contribution in [3.05, 3.63) is 65.7 Å². The highest BCUT2D eigenvalue weighted by atomic mass is 16.6. The number of carbonyl (C=O) groups is 3. The summed E-state index contributed by atoms with van der Waals surface area (Å²) < 4.78 is 9.94. The molecule has 1 aliphatic rings. The van der Waals surface area contributed by atoms with Crippen LogP contribution in [0, 0.1) is 0 Å². The van der Waals surface area contributed by atoms with E-state index in [1.54, 1.807) is 48.5 Å². The maximum Gasteiger partial charge on any atom is 0.343 e. The molecule has 0 saturated carbocycles. The smallest absolute Gasteiger partial charge is 0.343 e.